The molecule has 0 aliphatic carbocycles. The number of nitrogens with zero attached hydrogens (tertiary/aromatic N) is 1. The largest absolute Gasteiger partial charge is 0.376 e. The Morgan fingerprint density at radius 1 is 1.44 bits per heavy atom. The number of anilines is 1. The molecule has 3 amide bonds. The van der Waals surface area contributed by atoms with E-state index in [-0.39, 0.29) is 6.03 Å². The number of nitrogens with one attached hydrogen (secondary N) is 1. The molecule has 0 atom stereocenters. The summed E-state index contributed by atoms with van der Waals surface area (Å²) < 4.78 is 5.33. The summed E-state index contributed by atoms with van der Waals surface area (Å²) in [6, 6.07) is -0.281. The summed E-state index contributed by atoms with van der Waals surface area (Å²) in [7, 11) is 3.27. The third-order valence-corrected chi connectivity index (χ3v) is 3.81. The number of urea groups is 1. The van der Waals surface area contributed by atoms with Crippen LogP contribution >= 0.6 is 11.3 Å². The molecule has 2 rings (SSSR count). The van der Waals surface area contributed by atoms with Crippen LogP contribution in [0, 0.1) is 0 Å². The highest BCUT2D eigenvalue weighted by molar-refractivity contribution is 7.17. The van der Waals surface area contributed by atoms with Crippen LogP contribution in [-0.4, -0.2) is 37.5 Å². The van der Waals surface area contributed by atoms with E-state index in [1.54, 1.807) is 14.1 Å². The minimum atomic E-state index is -0.511. The van der Waals surface area contributed by atoms with Gasteiger partial charge in [-0.2, -0.15) is 0 Å². The third-order valence-electron chi connectivity index (χ3n) is 2.69. The molecule has 1 aliphatic rings. The number of hydrogen-bond donors (Lipinski definition) is 2. The van der Waals surface area contributed by atoms with Crippen LogP contribution in [0.5, 0.6) is 0 Å². The zero-order valence-electron chi connectivity index (χ0n) is 10.3. The van der Waals surface area contributed by atoms with Gasteiger partial charge in [0.1, 0.15) is 5.00 Å². The quantitative estimate of drug-likeness (QED) is 0.840. The van der Waals surface area contributed by atoms with Crippen LogP contribution in [0.25, 0.3) is 0 Å². The molecule has 1 aromatic heterocycles. The van der Waals surface area contributed by atoms with E-state index in [0.717, 1.165) is 10.4 Å². The number of carbonyl (C=O) groups is 2. The number of fused-ring (bicyclic) bond motifs is 1. The number of rotatable bonds is 2. The van der Waals surface area contributed by atoms with Crippen molar-refractivity contribution in [3.05, 3.63) is 16.0 Å². The van der Waals surface area contributed by atoms with Crippen molar-refractivity contribution < 1.29 is 14.3 Å². The second-order valence-electron chi connectivity index (χ2n) is 4.20. The summed E-state index contributed by atoms with van der Waals surface area (Å²) >= 11 is 1.35. The maximum absolute atomic E-state index is 11.6. The number of thiophene rings is 1. The van der Waals surface area contributed by atoms with Gasteiger partial charge in [0.05, 0.1) is 18.8 Å². The monoisotopic (exact) mass is 269 g/mol. The van der Waals surface area contributed by atoms with Gasteiger partial charge < -0.3 is 15.4 Å². The number of primary amides is 1. The molecular weight excluding hydrogens is 254 g/mol. The molecule has 0 bridgehead atoms. The second-order valence-corrected chi connectivity index (χ2v) is 5.30. The van der Waals surface area contributed by atoms with Gasteiger partial charge in [0, 0.05) is 19.0 Å². The lowest BCUT2D eigenvalue weighted by molar-refractivity contribution is 0.0991. The summed E-state index contributed by atoms with van der Waals surface area (Å²) in [5, 5.41) is 3.21. The third kappa shape index (κ3) is 2.32. The van der Waals surface area contributed by atoms with E-state index in [2.05, 4.69) is 5.32 Å². The van der Waals surface area contributed by atoms with Crippen LogP contribution in [0.15, 0.2) is 0 Å². The molecule has 1 aliphatic heterocycles. The van der Waals surface area contributed by atoms with Gasteiger partial charge >= 0.3 is 6.03 Å². The molecule has 1 aromatic rings. The van der Waals surface area contributed by atoms with Crippen molar-refractivity contribution in [3.63, 3.8) is 0 Å². The average Bonchev–Trinajstić information content (AvgIpc) is 2.66. The first kappa shape index (κ1) is 12.8. The fraction of sp³-hybridized carbons (Fsp3) is 0.455. The van der Waals surface area contributed by atoms with Gasteiger partial charge in [-0.05, 0) is 12.0 Å². The number of nitrogens with two attached hydrogens (primary N) is 1. The summed E-state index contributed by atoms with van der Waals surface area (Å²) in [5.41, 5.74) is 6.73. The standard InChI is InChI=1S/C11H15N3O3S/c1-14(2)11(16)13-10-8(9(12)15)6-3-4-17-5-7(6)18-10/h3-5H2,1-2H3,(H2,12,15)(H,13,16). The van der Waals surface area contributed by atoms with E-state index in [4.69, 9.17) is 10.5 Å². The van der Waals surface area contributed by atoms with E-state index in [1.807, 2.05) is 0 Å². The highest BCUT2D eigenvalue weighted by Crippen LogP contribution is 2.36. The molecular formula is C11H15N3O3S. The average molecular weight is 269 g/mol. The van der Waals surface area contributed by atoms with Crippen molar-refractivity contribution >= 4 is 28.3 Å². The smallest absolute Gasteiger partial charge is 0.321 e. The molecule has 98 valence electrons. The first-order valence-corrected chi connectivity index (χ1v) is 6.32. The number of amides is 3. The Labute approximate surface area is 109 Å². The Hall–Kier alpha value is -1.60. The normalized spacial score (nSPS) is 13.9. The first-order valence-electron chi connectivity index (χ1n) is 5.51. The maximum Gasteiger partial charge on any atom is 0.321 e. The van der Waals surface area contributed by atoms with Crippen molar-refractivity contribution in [2.24, 2.45) is 5.73 Å². The van der Waals surface area contributed by atoms with Crippen molar-refractivity contribution in [3.8, 4) is 0 Å². The summed E-state index contributed by atoms with van der Waals surface area (Å²) in [4.78, 5) is 25.5. The predicted molar refractivity (Wildman–Crippen MR) is 68.9 cm³/mol. The van der Waals surface area contributed by atoms with Crippen molar-refractivity contribution in [1.82, 2.24) is 4.90 Å². The van der Waals surface area contributed by atoms with Crippen LogP contribution in [-0.2, 0) is 17.8 Å². The van der Waals surface area contributed by atoms with E-state index in [1.165, 1.54) is 16.2 Å². The van der Waals surface area contributed by atoms with Gasteiger partial charge in [0.25, 0.3) is 5.91 Å². The van der Waals surface area contributed by atoms with Crippen LogP contribution in [0.4, 0.5) is 9.80 Å². The van der Waals surface area contributed by atoms with Gasteiger partial charge in [-0.1, -0.05) is 0 Å². The Bertz CT molecular complexity index is 496. The molecule has 18 heavy (non-hydrogen) atoms. The fourth-order valence-electron chi connectivity index (χ4n) is 1.79. The van der Waals surface area contributed by atoms with Crippen molar-refractivity contribution in [2.75, 3.05) is 26.0 Å². The molecule has 0 unspecified atom stereocenters. The predicted octanol–water partition coefficient (Wildman–Crippen LogP) is 1.01. The molecule has 0 aromatic carbocycles. The van der Waals surface area contributed by atoms with Gasteiger partial charge in [0.15, 0.2) is 0 Å². The maximum atomic E-state index is 11.6. The van der Waals surface area contributed by atoms with Crippen LogP contribution in [0.2, 0.25) is 0 Å². The zero-order chi connectivity index (χ0) is 13.3. The molecule has 3 N–H and O–H groups in total. The molecule has 0 saturated carbocycles. The first-order chi connectivity index (χ1) is 8.50. The second kappa shape index (κ2) is 4.95. The van der Waals surface area contributed by atoms with Crippen LogP contribution in [0.1, 0.15) is 20.8 Å². The molecule has 2 heterocycles. The topological polar surface area (TPSA) is 84.7 Å². The molecule has 0 spiro atoms. The van der Waals surface area contributed by atoms with Gasteiger partial charge in [-0.25, -0.2) is 4.79 Å². The van der Waals surface area contributed by atoms with Gasteiger partial charge in [0.2, 0.25) is 0 Å². The lowest BCUT2D eigenvalue weighted by atomic mass is 10.1. The van der Waals surface area contributed by atoms with Gasteiger partial charge in [-0.15, -0.1) is 11.3 Å². The molecule has 0 saturated heterocycles. The fourth-order valence-corrected chi connectivity index (χ4v) is 2.97. The lowest BCUT2D eigenvalue weighted by Gasteiger charge is -2.13. The Morgan fingerprint density at radius 2 is 2.17 bits per heavy atom. The van der Waals surface area contributed by atoms with E-state index < -0.39 is 5.91 Å². The minimum Gasteiger partial charge on any atom is -0.376 e. The highest BCUT2D eigenvalue weighted by Gasteiger charge is 2.25. The zero-order valence-corrected chi connectivity index (χ0v) is 11.1. The minimum absolute atomic E-state index is 0.281. The van der Waals surface area contributed by atoms with Crippen LogP contribution in [0.3, 0.4) is 0 Å². The number of hydrogen-bond acceptors (Lipinski definition) is 4. The van der Waals surface area contributed by atoms with Crippen LogP contribution < -0.4 is 11.1 Å². The SMILES string of the molecule is CN(C)C(=O)Nc1sc2c(c1C(N)=O)CCOC2. The summed E-state index contributed by atoms with van der Waals surface area (Å²) in [6.07, 6.45) is 0.655. The summed E-state index contributed by atoms with van der Waals surface area (Å²) in [6.45, 7) is 1.04. The summed E-state index contributed by atoms with van der Waals surface area (Å²) in [5.74, 6) is -0.511. The van der Waals surface area contributed by atoms with E-state index in [9.17, 15) is 9.59 Å². The molecule has 0 radical (unpaired) electrons. The Kier molecular flexibility index (Phi) is 3.53. The van der Waals surface area contributed by atoms with E-state index >= 15 is 0 Å². The molecule has 6 nitrogen and oxygen atoms in total. The van der Waals surface area contributed by atoms with Crippen molar-refractivity contribution in [1.29, 1.82) is 0 Å². The Morgan fingerprint density at radius 3 is 2.78 bits per heavy atom. The number of carbonyl (C=O) groups excluding carboxylic acids is 2. The molecule has 7 heteroatoms. The van der Waals surface area contributed by atoms with Crippen molar-refractivity contribution in [2.45, 2.75) is 13.0 Å². The highest BCUT2D eigenvalue weighted by atomic mass is 32.1. The Balaban J connectivity index is 2.37. The lowest BCUT2D eigenvalue weighted by Crippen LogP contribution is -2.28. The van der Waals surface area contributed by atoms with E-state index in [0.29, 0.717) is 30.2 Å². The molecule has 0 fully saturated rings. The number of ether oxygens (including phenoxy) is 1. The van der Waals surface area contributed by atoms with Gasteiger partial charge in [-0.3, -0.25) is 10.1 Å².